The van der Waals surface area contributed by atoms with Crippen molar-refractivity contribution in [3.05, 3.63) is 29.5 Å². The lowest BCUT2D eigenvalue weighted by Crippen LogP contribution is -2.09. The van der Waals surface area contributed by atoms with Crippen LogP contribution in [0.2, 0.25) is 0 Å². The maximum atomic E-state index is 5.54. The van der Waals surface area contributed by atoms with E-state index in [1.54, 1.807) is 7.11 Å². The molecule has 0 radical (unpaired) electrons. The van der Waals surface area contributed by atoms with Crippen LogP contribution in [0, 0.1) is 13.8 Å². The van der Waals surface area contributed by atoms with E-state index in [1.165, 1.54) is 5.56 Å². The zero-order valence-electron chi connectivity index (χ0n) is 11.8. The molecule has 0 spiro atoms. The first kappa shape index (κ1) is 13.6. The lowest BCUT2D eigenvalue weighted by molar-refractivity contribution is 0.419. The fourth-order valence-electron chi connectivity index (χ4n) is 2.24. The highest BCUT2D eigenvalue weighted by Gasteiger charge is 2.10. The number of methoxy groups -OCH3 is 1. The standard InChI is InChI=1S/C15H21N3O/c1-10-5-6-13(19-3)15-14(10)12(9-11(2)18-15)17-8-4-7-16/h5-6,9H,4,7-8,16H2,1-3H3,(H,17,18). The molecular weight excluding hydrogens is 238 g/mol. The number of rotatable bonds is 5. The number of anilines is 1. The van der Waals surface area contributed by atoms with Crippen LogP contribution in [0.4, 0.5) is 5.69 Å². The first-order valence-electron chi connectivity index (χ1n) is 6.56. The Morgan fingerprint density at radius 1 is 1.32 bits per heavy atom. The van der Waals surface area contributed by atoms with E-state index >= 15 is 0 Å². The number of fused-ring (bicyclic) bond motifs is 1. The van der Waals surface area contributed by atoms with E-state index in [0.29, 0.717) is 6.54 Å². The van der Waals surface area contributed by atoms with E-state index in [-0.39, 0.29) is 0 Å². The fraction of sp³-hybridized carbons (Fsp3) is 0.400. The molecular formula is C15H21N3O. The molecule has 4 nitrogen and oxygen atoms in total. The zero-order valence-corrected chi connectivity index (χ0v) is 11.8. The minimum atomic E-state index is 0.692. The van der Waals surface area contributed by atoms with Crippen LogP contribution in [0.3, 0.4) is 0 Å². The Balaban J connectivity index is 2.55. The van der Waals surface area contributed by atoms with Gasteiger partial charge in [-0.1, -0.05) is 6.07 Å². The van der Waals surface area contributed by atoms with Gasteiger partial charge in [0.2, 0.25) is 0 Å². The molecule has 0 unspecified atom stereocenters. The van der Waals surface area contributed by atoms with Gasteiger partial charge in [0, 0.05) is 23.3 Å². The van der Waals surface area contributed by atoms with Crippen molar-refractivity contribution < 1.29 is 4.74 Å². The Morgan fingerprint density at radius 2 is 2.11 bits per heavy atom. The summed E-state index contributed by atoms with van der Waals surface area (Å²) in [5.74, 6) is 0.811. The lowest BCUT2D eigenvalue weighted by atomic mass is 10.1. The minimum Gasteiger partial charge on any atom is -0.494 e. The van der Waals surface area contributed by atoms with Gasteiger partial charge in [-0.25, -0.2) is 4.98 Å². The van der Waals surface area contributed by atoms with E-state index in [2.05, 4.69) is 29.4 Å². The Hall–Kier alpha value is -1.81. The molecule has 102 valence electrons. The normalized spacial score (nSPS) is 10.7. The van der Waals surface area contributed by atoms with Gasteiger partial charge >= 0.3 is 0 Å². The first-order chi connectivity index (χ1) is 9.17. The van der Waals surface area contributed by atoms with Crippen molar-refractivity contribution >= 4 is 16.6 Å². The van der Waals surface area contributed by atoms with Crippen molar-refractivity contribution in [2.45, 2.75) is 20.3 Å². The third kappa shape index (κ3) is 2.79. The van der Waals surface area contributed by atoms with Crippen molar-refractivity contribution in [3.8, 4) is 5.75 Å². The highest BCUT2D eigenvalue weighted by molar-refractivity contribution is 5.97. The Kier molecular flexibility index (Phi) is 4.22. The monoisotopic (exact) mass is 259 g/mol. The summed E-state index contributed by atoms with van der Waals surface area (Å²) in [6.45, 7) is 5.64. The third-order valence-corrected chi connectivity index (χ3v) is 3.18. The molecule has 2 aromatic rings. The maximum absolute atomic E-state index is 5.54. The maximum Gasteiger partial charge on any atom is 0.145 e. The summed E-state index contributed by atoms with van der Waals surface area (Å²) in [6, 6.07) is 6.10. The molecule has 2 rings (SSSR count). The molecule has 0 aliphatic carbocycles. The second-order valence-electron chi connectivity index (χ2n) is 4.69. The molecule has 1 heterocycles. The van der Waals surface area contributed by atoms with Gasteiger partial charge in [0.05, 0.1) is 7.11 Å². The van der Waals surface area contributed by atoms with Gasteiger partial charge < -0.3 is 15.8 Å². The molecule has 0 saturated heterocycles. The third-order valence-electron chi connectivity index (χ3n) is 3.18. The summed E-state index contributed by atoms with van der Waals surface area (Å²) < 4.78 is 5.41. The number of benzene rings is 1. The fourth-order valence-corrected chi connectivity index (χ4v) is 2.24. The number of nitrogens with two attached hydrogens (primary N) is 1. The molecule has 0 aliphatic rings. The summed E-state index contributed by atoms with van der Waals surface area (Å²) in [5.41, 5.74) is 9.73. The van der Waals surface area contributed by atoms with Crippen molar-refractivity contribution in [2.75, 3.05) is 25.5 Å². The van der Waals surface area contributed by atoms with Crippen LogP contribution < -0.4 is 15.8 Å². The van der Waals surface area contributed by atoms with Crippen LogP contribution in [0.15, 0.2) is 18.2 Å². The molecule has 0 saturated carbocycles. The molecule has 0 bridgehead atoms. The van der Waals surface area contributed by atoms with Crippen molar-refractivity contribution in [1.29, 1.82) is 0 Å². The Morgan fingerprint density at radius 3 is 2.79 bits per heavy atom. The van der Waals surface area contributed by atoms with E-state index < -0.39 is 0 Å². The average Bonchev–Trinajstić information content (AvgIpc) is 2.39. The molecule has 0 amide bonds. The number of ether oxygens (including phenoxy) is 1. The summed E-state index contributed by atoms with van der Waals surface area (Å²) in [5, 5.41) is 4.57. The average molecular weight is 259 g/mol. The second-order valence-corrected chi connectivity index (χ2v) is 4.69. The molecule has 0 aliphatic heterocycles. The number of aromatic nitrogens is 1. The number of aryl methyl sites for hydroxylation is 2. The quantitative estimate of drug-likeness (QED) is 0.810. The second kappa shape index (κ2) is 5.89. The van der Waals surface area contributed by atoms with Crippen molar-refractivity contribution in [3.63, 3.8) is 0 Å². The van der Waals surface area contributed by atoms with Crippen molar-refractivity contribution in [1.82, 2.24) is 4.98 Å². The number of pyridine rings is 1. The largest absolute Gasteiger partial charge is 0.494 e. The van der Waals surface area contributed by atoms with Crippen LogP contribution in [0.25, 0.3) is 10.9 Å². The van der Waals surface area contributed by atoms with Gasteiger partial charge in [-0.2, -0.15) is 0 Å². The van der Waals surface area contributed by atoms with E-state index in [0.717, 1.165) is 41.0 Å². The SMILES string of the molecule is COc1ccc(C)c2c(NCCCN)cc(C)nc12. The predicted molar refractivity (Wildman–Crippen MR) is 79.9 cm³/mol. The summed E-state index contributed by atoms with van der Waals surface area (Å²) in [6.07, 6.45) is 0.950. The summed E-state index contributed by atoms with van der Waals surface area (Å²) in [4.78, 5) is 4.61. The number of nitrogens with zero attached hydrogens (tertiary/aromatic N) is 1. The van der Waals surface area contributed by atoms with Crippen LogP contribution in [0.1, 0.15) is 17.7 Å². The highest BCUT2D eigenvalue weighted by atomic mass is 16.5. The lowest BCUT2D eigenvalue weighted by Gasteiger charge is -2.14. The topological polar surface area (TPSA) is 60.2 Å². The van der Waals surface area contributed by atoms with Gasteiger partial charge in [0.25, 0.3) is 0 Å². The summed E-state index contributed by atoms with van der Waals surface area (Å²) in [7, 11) is 1.68. The van der Waals surface area contributed by atoms with Crippen LogP contribution >= 0.6 is 0 Å². The Bertz CT molecular complexity index is 581. The van der Waals surface area contributed by atoms with Gasteiger partial charge in [0.1, 0.15) is 11.3 Å². The molecule has 1 aromatic carbocycles. The van der Waals surface area contributed by atoms with Gasteiger partial charge in [0.15, 0.2) is 0 Å². The molecule has 1 aromatic heterocycles. The van der Waals surface area contributed by atoms with Gasteiger partial charge in [-0.15, -0.1) is 0 Å². The number of nitrogens with one attached hydrogen (secondary N) is 1. The minimum absolute atomic E-state index is 0.692. The highest BCUT2D eigenvalue weighted by Crippen LogP contribution is 2.32. The zero-order chi connectivity index (χ0) is 13.8. The van der Waals surface area contributed by atoms with Crippen molar-refractivity contribution in [2.24, 2.45) is 5.73 Å². The Labute approximate surface area is 114 Å². The van der Waals surface area contributed by atoms with E-state index in [9.17, 15) is 0 Å². The van der Waals surface area contributed by atoms with Crippen LogP contribution in [-0.2, 0) is 0 Å². The molecule has 3 N–H and O–H groups in total. The van der Waals surface area contributed by atoms with Crippen LogP contribution in [-0.4, -0.2) is 25.2 Å². The van der Waals surface area contributed by atoms with Gasteiger partial charge in [-0.05, 0) is 44.5 Å². The predicted octanol–water partition coefficient (Wildman–Crippen LogP) is 2.62. The van der Waals surface area contributed by atoms with E-state index in [1.807, 2.05) is 13.0 Å². The molecule has 4 heteroatoms. The molecule has 0 fully saturated rings. The van der Waals surface area contributed by atoms with Crippen LogP contribution in [0.5, 0.6) is 5.75 Å². The first-order valence-corrected chi connectivity index (χ1v) is 6.56. The van der Waals surface area contributed by atoms with Gasteiger partial charge in [-0.3, -0.25) is 0 Å². The van der Waals surface area contributed by atoms with E-state index in [4.69, 9.17) is 10.5 Å². The molecule has 0 atom stereocenters. The smallest absolute Gasteiger partial charge is 0.145 e. The summed E-state index contributed by atoms with van der Waals surface area (Å²) >= 11 is 0. The molecule has 19 heavy (non-hydrogen) atoms. The number of hydrogen-bond donors (Lipinski definition) is 2. The number of hydrogen-bond acceptors (Lipinski definition) is 4.